The third-order valence-electron chi connectivity index (χ3n) is 3.53. The lowest BCUT2D eigenvalue weighted by molar-refractivity contribution is -0.136. The van der Waals surface area contributed by atoms with E-state index in [1.54, 1.807) is 12.1 Å². The number of nitrogens with two attached hydrogens (primary N) is 1. The molecule has 2 N–H and O–H groups in total. The van der Waals surface area contributed by atoms with Crippen LogP contribution in [0.2, 0.25) is 0 Å². The monoisotopic (exact) mass is 254 g/mol. The maximum Gasteiger partial charge on any atom is 0.417 e. The van der Waals surface area contributed by atoms with E-state index in [0.29, 0.717) is 5.52 Å². The van der Waals surface area contributed by atoms with Crippen LogP contribution in [0.25, 0.3) is 10.9 Å². The van der Waals surface area contributed by atoms with E-state index in [2.05, 4.69) is 0 Å². The van der Waals surface area contributed by atoms with Crippen LogP contribution in [0.3, 0.4) is 0 Å². The molecule has 5 heteroatoms. The zero-order valence-corrected chi connectivity index (χ0v) is 9.67. The van der Waals surface area contributed by atoms with Crippen molar-refractivity contribution in [3.8, 4) is 0 Å². The number of hydrogen-bond donors (Lipinski definition) is 1. The predicted molar refractivity (Wildman–Crippen MR) is 63.1 cm³/mol. The van der Waals surface area contributed by atoms with E-state index >= 15 is 0 Å². The zero-order chi connectivity index (χ0) is 12.9. The molecule has 2 heterocycles. The molecule has 1 atom stereocenters. The standard InChI is InChI=1S/C13H13F3N2/c14-13(15,16)10-4-2-5-11-9(10)7-8-3-1-6-12(17)18(8)11/h2,4-5,7,12H,1,3,6,17H2. The summed E-state index contributed by atoms with van der Waals surface area (Å²) >= 11 is 0. The van der Waals surface area contributed by atoms with Gasteiger partial charge in [-0.15, -0.1) is 0 Å². The highest BCUT2D eigenvalue weighted by atomic mass is 19.4. The van der Waals surface area contributed by atoms with Gasteiger partial charge in [0.1, 0.15) is 0 Å². The van der Waals surface area contributed by atoms with E-state index in [0.717, 1.165) is 31.0 Å². The third kappa shape index (κ3) is 1.61. The summed E-state index contributed by atoms with van der Waals surface area (Å²) in [6, 6.07) is 5.91. The molecule has 0 spiro atoms. The van der Waals surface area contributed by atoms with Crippen LogP contribution in [0.5, 0.6) is 0 Å². The molecule has 1 aliphatic rings. The quantitative estimate of drug-likeness (QED) is 0.767. The van der Waals surface area contributed by atoms with Gasteiger partial charge in [0, 0.05) is 11.1 Å². The van der Waals surface area contributed by atoms with Crippen molar-refractivity contribution in [1.82, 2.24) is 4.57 Å². The van der Waals surface area contributed by atoms with Gasteiger partial charge in [0.15, 0.2) is 0 Å². The molecular formula is C13H13F3N2. The maximum absolute atomic E-state index is 12.9. The largest absolute Gasteiger partial charge is 0.417 e. The van der Waals surface area contributed by atoms with Gasteiger partial charge in [0.2, 0.25) is 0 Å². The Morgan fingerprint density at radius 1 is 1.28 bits per heavy atom. The van der Waals surface area contributed by atoms with Gasteiger partial charge in [-0.25, -0.2) is 0 Å². The Bertz CT molecular complexity index is 598. The molecule has 0 saturated carbocycles. The Hall–Kier alpha value is -1.49. The van der Waals surface area contributed by atoms with Crippen molar-refractivity contribution in [3.63, 3.8) is 0 Å². The van der Waals surface area contributed by atoms with Crippen molar-refractivity contribution < 1.29 is 13.2 Å². The van der Waals surface area contributed by atoms with Gasteiger partial charge >= 0.3 is 6.18 Å². The summed E-state index contributed by atoms with van der Waals surface area (Å²) in [7, 11) is 0. The first kappa shape index (κ1) is 11.6. The zero-order valence-electron chi connectivity index (χ0n) is 9.67. The normalized spacial score (nSPS) is 20.1. The molecule has 3 rings (SSSR count). The number of alkyl halides is 3. The molecule has 2 nitrogen and oxygen atoms in total. The minimum Gasteiger partial charge on any atom is -0.329 e. The summed E-state index contributed by atoms with van der Waals surface area (Å²) in [4.78, 5) is 0. The fourth-order valence-corrected chi connectivity index (χ4v) is 2.76. The first-order valence-corrected chi connectivity index (χ1v) is 5.94. The third-order valence-corrected chi connectivity index (χ3v) is 3.53. The van der Waals surface area contributed by atoms with Crippen molar-refractivity contribution >= 4 is 10.9 Å². The van der Waals surface area contributed by atoms with Gasteiger partial charge in [-0.3, -0.25) is 0 Å². The Labute approximate surface area is 102 Å². The van der Waals surface area contributed by atoms with E-state index in [4.69, 9.17) is 5.73 Å². The lowest BCUT2D eigenvalue weighted by atomic mass is 10.1. The van der Waals surface area contributed by atoms with Crippen LogP contribution < -0.4 is 5.73 Å². The smallest absolute Gasteiger partial charge is 0.329 e. The van der Waals surface area contributed by atoms with Crippen LogP contribution in [-0.2, 0) is 12.6 Å². The minimum absolute atomic E-state index is 0.213. The fraction of sp³-hybridized carbons (Fsp3) is 0.385. The topological polar surface area (TPSA) is 30.9 Å². The molecule has 1 aromatic heterocycles. The molecule has 2 aromatic rings. The fourth-order valence-electron chi connectivity index (χ4n) is 2.76. The second-order valence-electron chi connectivity index (χ2n) is 4.70. The van der Waals surface area contributed by atoms with Crippen LogP contribution in [0, 0.1) is 0 Å². The van der Waals surface area contributed by atoms with Crippen molar-refractivity contribution in [3.05, 3.63) is 35.5 Å². The molecule has 18 heavy (non-hydrogen) atoms. The second-order valence-corrected chi connectivity index (χ2v) is 4.70. The number of aromatic nitrogens is 1. The SMILES string of the molecule is NC1CCCc2cc3c(C(F)(F)F)cccc3n21. The van der Waals surface area contributed by atoms with Gasteiger partial charge in [-0.2, -0.15) is 13.2 Å². The van der Waals surface area contributed by atoms with Gasteiger partial charge in [0.25, 0.3) is 0 Å². The molecule has 0 saturated heterocycles. The molecule has 0 aliphatic carbocycles. The summed E-state index contributed by atoms with van der Waals surface area (Å²) < 4.78 is 40.7. The van der Waals surface area contributed by atoms with Crippen molar-refractivity contribution in [1.29, 1.82) is 0 Å². The number of rotatable bonds is 0. The second kappa shape index (κ2) is 3.75. The molecule has 1 unspecified atom stereocenters. The lowest BCUT2D eigenvalue weighted by Crippen LogP contribution is -2.24. The summed E-state index contributed by atoms with van der Waals surface area (Å²) in [5.74, 6) is 0. The summed E-state index contributed by atoms with van der Waals surface area (Å²) in [6.45, 7) is 0. The summed E-state index contributed by atoms with van der Waals surface area (Å²) in [5, 5.41) is 0.261. The Balaban J connectivity index is 2.32. The van der Waals surface area contributed by atoms with E-state index in [1.807, 2.05) is 4.57 Å². The van der Waals surface area contributed by atoms with Crippen LogP contribution in [-0.4, -0.2) is 4.57 Å². The summed E-state index contributed by atoms with van der Waals surface area (Å²) in [6.07, 6.45) is -2.00. The molecule has 0 amide bonds. The first-order valence-electron chi connectivity index (χ1n) is 5.94. The van der Waals surface area contributed by atoms with E-state index in [1.165, 1.54) is 6.07 Å². The van der Waals surface area contributed by atoms with Gasteiger partial charge in [-0.1, -0.05) is 6.07 Å². The molecule has 1 aliphatic heterocycles. The number of nitrogens with zero attached hydrogens (tertiary/aromatic N) is 1. The number of aryl methyl sites for hydroxylation is 1. The van der Waals surface area contributed by atoms with Gasteiger partial charge in [-0.05, 0) is 37.5 Å². The average Bonchev–Trinajstić information content (AvgIpc) is 2.66. The predicted octanol–water partition coefficient (Wildman–Crippen LogP) is 3.45. The van der Waals surface area contributed by atoms with E-state index < -0.39 is 11.7 Å². The summed E-state index contributed by atoms with van der Waals surface area (Å²) in [5.41, 5.74) is 6.92. The molecule has 0 bridgehead atoms. The van der Waals surface area contributed by atoms with E-state index in [-0.39, 0.29) is 11.6 Å². The first-order chi connectivity index (χ1) is 8.48. The van der Waals surface area contributed by atoms with Gasteiger partial charge < -0.3 is 10.3 Å². The highest BCUT2D eigenvalue weighted by Crippen LogP contribution is 2.38. The lowest BCUT2D eigenvalue weighted by Gasteiger charge is -2.23. The molecule has 1 aromatic carbocycles. The number of fused-ring (bicyclic) bond motifs is 3. The Morgan fingerprint density at radius 2 is 2.06 bits per heavy atom. The Morgan fingerprint density at radius 3 is 2.78 bits per heavy atom. The minimum atomic E-state index is -4.32. The van der Waals surface area contributed by atoms with Crippen molar-refractivity contribution in [2.24, 2.45) is 5.73 Å². The van der Waals surface area contributed by atoms with Gasteiger partial charge in [0.05, 0.1) is 17.2 Å². The number of benzene rings is 1. The number of halogens is 3. The highest BCUT2D eigenvalue weighted by molar-refractivity contribution is 5.85. The van der Waals surface area contributed by atoms with Crippen molar-refractivity contribution in [2.45, 2.75) is 31.6 Å². The Kier molecular flexibility index (Phi) is 2.41. The molecular weight excluding hydrogens is 241 g/mol. The van der Waals surface area contributed by atoms with Crippen LogP contribution in [0.1, 0.15) is 30.3 Å². The number of hydrogen-bond acceptors (Lipinski definition) is 1. The van der Waals surface area contributed by atoms with Crippen molar-refractivity contribution in [2.75, 3.05) is 0 Å². The van der Waals surface area contributed by atoms with E-state index in [9.17, 15) is 13.2 Å². The average molecular weight is 254 g/mol. The van der Waals surface area contributed by atoms with Crippen LogP contribution in [0.15, 0.2) is 24.3 Å². The molecule has 0 radical (unpaired) electrons. The highest BCUT2D eigenvalue weighted by Gasteiger charge is 2.34. The maximum atomic E-state index is 12.9. The van der Waals surface area contributed by atoms with Crippen LogP contribution in [0.4, 0.5) is 13.2 Å². The molecule has 96 valence electrons. The van der Waals surface area contributed by atoms with Crippen LogP contribution >= 0.6 is 0 Å². The molecule has 0 fully saturated rings.